The van der Waals surface area contributed by atoms with Crippen LogP contribution in [0.2, 0.25) is 0 Å². The Morgan fingerprint density at radius 3 is 2.41 bits per heavy atom. The molecule has 1 saturated heterocycles. The van der Waals surface area contributed by atoms with Crippen molar-refractivity contribution in [1.82, 2.24) is 9.97 Å². The van der Waals surface area contributed by atoms with E-state index in [1.807, 2.05) is 74.5 Å². The number of aryl methyl sites for hydroxylation is 1. The Morgan fingerprint density at radius 1 is 1.03 bits per heavy atom. The van der Waals surface area contributed by atoms with E-state index in [0.29, 0.717) is 19.2 Å². The number of nitrogens with one attached hydrogen (secondary N) is 2. The Morgan fingerprint density at radius 2 is 1.72 bits per heavy atom. The molecule has 1 atom stereocenters. The summed E-state index contributed by atoms with van der Waals surface area (Å²) >= 11 is 0. The van der Waals surface area contributed by atoms with E-state index in [4.69, 9.17) is 4.74 Å². The molecule has 0 aliphatic carbocycles. The molecule has 2 aromatic carbocycles. The molecule has 2 N–H and O–H groups in total. The number of carbonyl (C=O) groups is 1. The van der Waals surface area contributed by atoms with Gasteiger partial charge in [-0.3, -0.25) is 4.79 Å². The average molecular weight is 432 g/mol. The molecule has 1 amide bonds. The number of amides is 1. The van der Waals surface area contributed by atoms with Gasteiger partial charge in [-0.25, -0.2) is 4.98 Å². The number of carbonyl (C=O) groups excluding carboxylic acids is 1. The van der Waals surface area contributed by atoms with Gasteiger partial charge in [0.1, 0.15) is 5.82 Å². The zero-order valence-corrected chi connectivity index (χ0v) is 18.5. The third kappa shape index (κ3) is 5.42. The molecular formula is C25H29N5O2. The van der Waals surface area contributed by atoms with Crippen LogP contribution in [0.1, 0.15) is 30.5 Å². The van der Waals surface area contributed by atoms with Crippen molar-refractivity contribution >= 4 is 29.0 Å². The predicted molar refractivity (Wildman–Crippen MR) is 128 cm³/mol. The van der Waals surface area contributed by atoms with Crippen LogP contribution in [0.15, 0.2) is 60.7 Å². The van der Waals surface area contributed by atoms with Crippen molar-refractivity contribution in [2.75, 3.05) is 41.8 Å². The molecule has 166 valence electrons. The molecule has 1 fully saturated rings. The molecule has 1 aliphatic heterocycles. The zero-order valence-electron chi connectivity index (χ0n) is 18.5. The molecule has 1 aliphatic rings. The highest BCUT2D eigenvalue weighted by atomic mass is 16.5. The lowest BCUT2D eigenvalue weighted by Crippen LogP contribution is -2.36. The largest absolute Gasteiger partial charge is 0.378 e. The number of ether oxygens (including phenoxy) is 1. The van der Waals surface area contributed by atoms with E-state index in [-0.39, 0.29) is 11.8 Å². The maximum Gasteiger partial charge on any atom is 0.231 e. The van der Waals surface area contributed by atoms with Gasteiger partial charge in [0.05, 0.1) is 19.1 Å². The van der Waals surface area contributed by atoms with Crippen molar-refractivity contribution < 1.29 is 9.53 Å². The van der Waals surface area contributed by atoms with E-state index in [1.54, 1.807) is 0 Å². The number of rotatable bonds is 7. The molecule has 1 unspecified atom stereocenters. The summed E-state index contributed by atoms with van der Waals surface area (Å²) in [7, 11) is 0. The lowest BCUT2D eigenvalue weighted by Gasteiger charge is -2.28. The highest BCUT2D eigenvalue weighted by Gasteiger charge is 2.18. The summed E-state index contributed by atoms with van der Waals surface area (Å²) in [4.78, 5) is 24.2. The molecule has 1 aromatic heterocycles. The van der Waals surface area contributed by atoms with E-state index < -0.39 is 0 Å². The maximum atomic E-state index is 12.8. The molecule has 0 bridgehead atoms. The van der Waals surface area contributed by atoms with Gasteiger partial charge in [-0.05, 0) is 43.2 Å². The summed E-state index contributed by atoms with van der Waals surface area (Å²) in [5.74, 6) is 1.28. The van der Waals surface area contributed by atoms with Gasteiger partial charge < -0.3 is 20.3 Å². The molecule has 32 heavy (non-hydrogen) atoms. The van der Waals surface area contributed by atoms with E-state index >= 15 is 0 Å². The summed E-state index contributed by atoms with van der Waals surface area (Å²) in [5, 5.41) is 6.30. The fourth-order valence-corrected chi connectivity index (χ4v) is 3.82. The Hall–Kier alpha value is -3.45. The topological polar surface area (TPSA) is 79.4 Å². The third-order valence-corrected chi connectivity index (χ3v) is 5.51. The monoisotopic (exact) mass is 431 g/mol. The van der Waals surface area contributed by atoms with Crippen molar-refractivity contribution in [1.29, 1.82) is 0 Å². The fraction of sp³-hybridized carbons (Fsp3) is 0.320. The first-order valence-electron chi connectivity index (χ1n) is 11.0. The normalized spacial score (nSPS) is 14.6. The number of anilines is 4. The SMILES string of the molecule is CCC(C(=O)Nc1ccc(Nc2nc(C)cc(N3CCOCC3)n2)cc1)c1ccccc1. The van der Waals surface area contributed by atoms with Crippen molar-refractivity contribution in [3.8, 4) is 0 Å². The first-order chi connectivity index (χ1) is 15.6. The lowest BCUT2D eigenvalue weighted by atomic mass is 9.95. The van der Waals surface area contributed by atoms with Crippen LogP contribution in [-0.4, -0.2) is 42.2 Å². The average Bonchev–Trinajstić information content (AvgIpc) is 2.82. The first kappa shape index (κ1) is 21.8. The second-order valence-corrected chi connectivity index (χ2v) is 7.85. The van der Waals surface area contributed by atoms with Crippen LogP contribution in [0.25, 0.3) is 0 Å². The highest BCUT2D eigenvalue weighted by Crippen LogP contribution is 2.24. The van der Waals surface area contributed by atoms with E-state index in [9.17, 15) is 4.79 Å². The minimum Gasteiger partial charge on any atom is -0.378 e. The Bertz CT molecular complexity index is 1030. The van der Waals surface area contributed by atoms with Crippen molar-refractivity contribution in [3.63, 3.8) is 0 Å². The quantitative estimate of drug-likeness (QED) is 0.574. The number of aromatic nitrogens is 2. The second-order valence-electron chi connectivity index (χ2n) is 7.85. The fourth-order valence-electron chi connectivity index (χ4n) is 3.82. The number of benzene rings is 2. The molecule has 0 saturated carbocycles. The predicted octanol–water partition coefficient (Wildman–Crippen LogP) is 4.50. The maximum absolute atomic E-state index is 12.8. The second kappa shape index (κ2) is 10.2. The number of morpholine rings is 1. The van der Waals surface area contributed by atoms with Crippen LogP contribution < -0.4 is 15.5 Å². The standard InChI is InChI=1S/C25H29N5O2/c1-3-22(19-7-5-4-6-8-19)24(31)27-20-9-11-21(12-10-20)28-25-26-18(2)17-23(29-25)30-13-15-32-16-14-30/h4-12,17,22H,3,13-16H2,1-2H3,(H,27,31)(H,26,28,29). The molecule has 7 heteroatoms. The first-order valence-corrected chi connectivity index (χ1v) is 11.0. The summed E-state index contributed by atoms with van der Waals surface area (Å²) < 4.78 is 5.43. The summed E-state index contributed by atoms with van der Waals surface area (Å²) in [5.41, 5.74) is 3.54. The van der Waals surface area contributed by atoms with Crippen LogP contribution in [0.4, 0.5) is 23.1 Å². The molecule has 2 heterocycles. The Labute approximate surface area is 188 Å². The van der Waals surface area contributed by atoms with Crippen molar-refractivity contribution in [2.45, 2.75) is 26.2 Å². The summed E-state index contributed by atoms with van der Waals surface area (Å²) in [6, 6.07) is 19.5. The van der Waals surface area contributed by atoms with Gasteiger partial charge in [-0.15, -0.1) is 0 Å². The minimum absolute atomic E-state index is 0.00317. The van der Waals surface area contributed by atoms with Gasteiger partial charge >= 0.3 is 0 Å². The van der Waals surface area contributed by atoms with E-state index in [2.05, 4.69) is 25.5 Å². The van der Waals surface area contributed by atoms with Crippen molar-refractivity contribution in [2.24, 2.45) is 0 Å². The van der Waals surface area contributed by atoms with Crippen molar-refractivity contribution in [3.05, 3.63) is 71.9 Å². The zero-order chi connectivity index (χ0) is 22.3. The van der Waals surface area contributed by atoms with Crippen LogP contribution in [0.3, 0.4) is 0 Å². The van der Waals surface area contributed by atoms with Gasteiger partial charge in [0, 0.05) is 36.2 Å². The number of hydrogen-bond acceptors (Lipinski definition) is 6. The molecule has 4 rings (SSSR count). The minimum atomic E-state index is -0.173. The lowest BCUT2D eigenvalue weighted by molar-refractivity contribution is -0.117. The molecule has 7 nitrogen and oxygen atoms in total. The Balaban J connectivity index is 1.42. The molecule has 0 radical (unpaired) electrons. The molecular weight excluding hydrogens is 402 g/mol. The van der Waals surface area contributed by atoms with Gasteiger partial charge in [0.25, 0.3) is 0 Å². The van der Waals surface area contributed by atoms with Crippen LogP contribution in [0.5, 0.6) is 0 Å². The van der Waals surface area contributed by atoms with Crippen LogP contribution >= 0.6 is 0 Å². The van der Waals surface area contributed by atoms with Gasteiger partial charge in [0.2, 0.25) is 11.9 Å². The smallest absolute Gasteiger partial charge is 0.231 e. The van der Waals surface area contributed by atoms with Gasteiger partial charge in [-0.2, -0.15) is 4.98 Å². The summed E-state index contributed by atoms with van der Waals surface area (Å²) in [6.45, 7) is 7.06. The Kier molecular flexibility index (Phi) is 6.97. The molecule has 3 aromatic rings. The molecule has 0 spiro atoms. The number of nitrogens with zero attached hydrogens (tertiary/aromatic N) is 3. The van der Waals surface area contributed by atoms with Crippen LogP contribution in [-0.2, 0) is 9.53 Å². The third-order valence-electron chi connectivity index (χ3n) is 5.51. The van der Waals surface area contributed by atoms with E-state index in [0.717, 1.165) is 48.0 Å². The highest BCUT2D eigenvalue weighted by molar-refractivity contribution is 5.96. The summed E-state index contributed by atoms with van der Waals surface area (Å²) in [6.07, 6.45) is 0.742. The van der Waals surface area contributed by atoms with Gasteiger partial charge in [-0.1, -0.05) is 37.3 Å². The van der Waals surface area contributed by atoms with E-state index in [1.165, 1.54) is 0 Å². The van der Waals surface area contributed by atoms with Crippen LogP contribution in [0, 0.1) is 6.92 Å². The number of hydrogen-bond donors (Lipinski definition) is 2. The van der Waals surface area contributed by atoms with Gasteiger partial charge in [0.15, 0.2) is 0 Å².